The van der Waals surface area contributed by atoms with Gasteiger partial charge in [-0.3, -0.25) is 4.18 Å². The summed E-state index contributed by atoms with van der Waals surface area (Å²) < 4.78 is 54.2. The number of nitrogens with zero attached hydrogens (tertiary/aromatic N) is 1. The van der Waals surface area contributed by atoms with E-state index in [1.165, 1.54) is 16.1 Å². The van der Waals surface area contributed by atoms with Gasteiger partial charge in [0, 0.05) is 28.1 Å². The molecule has 0 bridgehead atoms. The van der Waals surface area contributed by atoms with E-state index in [4.69, 9.17) is 6.42 Å². The van der Waals surface area contributed by atoms with Gasteiger partial charge in [0.2, 0.25) is 0 Å². The van der Waals surface area contributed by atoms with E-state index >= 15 is 0 Å². The van der Waals surface area contributed by atoms with Crippen molar-refractivity contribution in [2.75, 3.05) is 0 Å². The molecule has 7 nitrogen and oxygen atoms in total. The summed E-state index contributed by atoms with van der Waals surface area (Å²) in [6.07, 6.45) is 5.17. The molecule has 1 aliphatic heterocycles. The van der Waals surface area contributed by atoms with Gasteiger partial charge in [-0.25, -0.2) is 12.4 Å². The third-order valence-electron chi connectivity index (χ3n) is 5.40. The lowest BCUT2D eigenvalue weighted by Gasteiger charge is -2.14. The molecule has 0 saturated carbocycles. The summed E-state index contributed by atoms with van der Waals surface area (Å²) in [4.78, 5) is 0.345. The fourth-order valence-corrected chi connectivity index (χ4v) is 7.03. The van der Waals surface area contributed by atoms with Gasteiger partial charge < -0.3 is 5.11 Å². The number of aliphatic hydroxyl groups excluding tert-OH is 1. The highest BCUT2D eigenvalue weighted by molar-refractivity contribution is 7.90. The first kappa shape index (κ1) is 28.4. The second-order valence-corrected chi connectivity index (χ2v) is 17.6. The smallest absolute Gasteiger partial charge is 0.297 e. The number of hydrogen-bond donors (Lipinski definition) is 1. The van der Waals surface area contributed by atoms with Crippen molar-refractivity contribution in [3.63, 3.8) is 0 Å². The monoisotopic (exact) mass is 555 g/mol. The molecule has 0 fully saturated rings. The van der Waals surface area contributed by atoms with Gasteiger partial charge in [-0.05, 0) is 67.9 Å². The third kappa shape index (κ3) is 6.42. The summed E-state index contributed by atoms with van der Waals surface area (Å²) in [7, 11) is -8.76. The van der Waals surface area contributed by atoms with Crippen molar-refractivity contribution in [2.45, 2.75) is 56.5 Å². The van der Waals surface area contributed by atoms with Gasteiger partial charge >= 0.3 is 0 Å². The molecular formula is C27H29NO6S2Si. The highest BCUT2D eigenvalue weighted by atomic mass is 32.2. The van der Waals surface area contributed by atoms with E-state index in [1.54, 1.807) is 50.2 Å². The van der Waals surface area contributed by atoms with E-state index in [-0.39, 0.29) is 23.0 Å². The van der Waals surface area contributed by atoms with Crippen LogP contribution in [0.2, 0.25) is 19.6 Å². The Morgan fingerprint density at radius 1 is 1.03 bits per heavy atom. The Morgan fingerprint density at radius 3 is 2.22 bits per heavy atom. The second kappa shape index (κ2) is 10.7. The maximum absolute atomic E-state index is 13.0. The maximum Gasteiger partial charge on any atom is 0.297 e. The second-order valence-electron chi connectivity index (χ2n) is 9.55. The topological polar surface area (TPSA) is 103 Å². The van der Waals surface area contributed by atoms with Crippen molar-refractivity contribution >= 4 is 28.2 Å². The first-order valence-electron chi connectivity index (χ1n) is 11.4. The van der Waals surface area contributed by atoms with Crippen molar-refractivity contribution in [1.29, 1.82) is 0 Å². The Labute approximate surface area is 220 Å². The van der Waals surface area contributed by atoms with Crippen molar-refractivity contribution in [3.8, 4) is 23.8 Å². The van der Waals surface area contributed by atoms with Crippen LogP contribution >= 0.6 is 0 Å². The number of terminal acetylenes is 1. The van der Waals surface area contributed by atoms with Crippen LogP contribution in [-0.2, 0) is 37.5 Å². The Kier molecular flexibility index (Phi) is 8.23. The van der Waals surface area contributed by atoms with Crippen molar-refractivity contribution in [1.82, 2.24) is 3.97 Å². The Hall–Kier alpha value is -3.12. The molecule has 194 valence electrons. The first-order chi connectivity index (χ1) is 17.2. The SMILES string of the molecule is C#Cc1ccc2c(c1)COS2(=O)=O.Cc1ccc(C)n1S(=O)(=O)c1ccc(C#C[Si](C)(C)C)cc1CO. The number of rotatable bonds is 3. The standard InChI is InChI=1S/C18H23NO3SSi.C9H6O3S/c1-14-6-7-15(2)19(14)23(21,22)18-9-8-16(12-17(18)13-20)10-11-24(3,4)5;1-2-7-3-4-9-8(5-7)6-12-13(9,10)11/h6-9,12,20H,13H2,1-5H3;1,3-5H,6H2. The molecule has 0 radical (unpaired) electrons. The van der Waals surface area contributed by atoms with Crippen LogP contribution in [0.4, 0.5) is 0 Å². The molecular weight excluding hydrogens is 527 g/mol. The zero-order valence-corrected chi connectivity index (χ0v) is 24.0. The molecule has 1 N–H and O–H groups in total. The molecule has 1 aromatic heterocycles. The summed E-state index contributed by atoms with van der Waals surface area (Å²) in [6.45, 7) is 9.66. The Bertz CT molecular complexity index is 1640. The van der Waals surface area contributed by atoms with E-state index in [0.717, 1.165) is 5.56 Å². The quantitative estimate of drug-likeness (QED) is 0.298. The summed E-state index contributed by atoms with van der Waals surface area (Å²) >= 11 is 0. The van der Waals surface area contributed by atoms with Crippen molar-refractivity contribution < 1.29 is 26.1 Å². The molecule has 2 aromatic carbocycles. The number of aryl methyl sites for hydroxylation is 2. The molecule has 0 atom stereocenters. The van der Waals surface area contributed by atoms with Crippen LogP contribution in [0.1, 0.15) is 33.6 Å². The minimum Gasteiger partial charge on any atom is -0.392 e. The highest BCUT2D eigenvalue weighted by Gasteiger charge is 2.27. The van der Waals surface area contributed by atoms with Gasteiger partial charge in [-0.2, -0.15) is 8.42 Å². The Balaban J connectivity index is 0.000000244. The highest BCUT2D eigenvalue weighted by Crippen LogP contribution is 2.27. The summed E-state index contributed by atoms with van der Waals surface area (Å²) in [5, 5.41) is 9.66. The van der Waals surface area contributed by atoms with Crippen LogP contribution < -0.4 is 0 Å². The molecule has 2 heterocycles. The summed E-state index contributed by atoms with van der Waals surface area (Å²) in [6, 6.07) is 13.1. The van der Waals surface area contributed by atoms with Crippen LogP contribution in [0, 0.1) is 37.7 Å². The van der Waals surface area contributed by atoms with Gasteiger partial charge in [0.1, 0.15) is 8.07 Å². The van der Waals surface area contributed by atoms with Gasteiger partial charge in [0.25, 0.3) is 20.1 Å². The number of fused-ring (bicyclic) bond motifs is 1. The van der Waals surface area contributed by atoms with Crippen LogP contribution in [0.5, 0.6) is 0 Å². The minimum absolute atomic E-state index is 0.0905. The number of benzene rings is 2. The lowest BCUT2D eigenvalue weighted by atomic mass is 10.1. The van der Waals surface area contributed by atoms with Gasteiger partial charge in [-0.15, -0.1) is 12.0 Å². The number of aromatic nitrogens is 1. The number of aliphatic hydroxyl groups is 1. The van der Waals surface area contributed by atoms with E-state index in [0.29, 0.717) is 28.1 Å². The molecule has 1 aliphatic rings. The lowest BCUT2D eigenvalue weighted by Crippen LogP contribution is -2.18. The molecule has 0 unspecified atom stereocenters. The number of hydrogen-bond acceptors (Lipinski definition) is 6. The molecule has 10 heteroatoms. The van der Waals surface area contributed by atoms with E-state index in [1.807, 2.05) is 0 Å². The first-order valence-corrected chi connectivity index (χ1v) is 17.7. The molecule has 3 aromatic rings. The molecule has 4 rings (SSSR count). The lowest BCUT2D eigenvalue weighted by molar-refractivity contribution is 0.278. The summed E-state index contributed by atoms with van der Waals surface area (Å²) in [5.74, 6) is 5.53. The molecule has 37 heavy (non-hydrogen) atoms. The van der Waals surface area contributed by atoms with Crippen LogP contribution in [0.15, 0.2) is 58.3 Å². The largest absolute Gasteiger partial charge is 0.392 e. The van der Waals surface area contributed by atoms with E-state index in [2.05, 4.69) is 41.2 Å². The molecule has 0 amide bonds. The Morgan fingerprint density at radius 2 is 1.65 bits per heavy atom. The predicted molar refractivity (Wildman–Crippen MR) is 145 cm³/mol. The zero-order chi connectivity index (χ0) is 27.6. The van der Waals surface area contributed by atoms with Crippen LogP contribution in [-0.4, -0.2) is 34.0 Å². The zero-order valence-electron chi connectivity index (χ0n) is 21.4. The van der Waals surface area contributed by atoms with Gasteiger partial charge in [0.15, 0.2) is 0 Å². The fraction of sp³-hybridized carbons (Fsp3) is 0.259. The van der Waals surface area contributed by atoms with Gasteiger partial charge in [-0.1, -0.05) is 31.5 Å². The average molecular weight is 556 g/mol. The van der Waals surface area contributed by atoms with Crippen molar-refractivity contribution in [3.05, 3.63) is 82.2 Å². The normalized spacial score (nSPS) is 14.0. The maximum atomic E-state index is 13.0. The van der Waals surface area contributed by atoms with Crippen molar-refractivity contribution in [2.24, 2.45) is 0 Å². The average Bonchev–Trinajstić information content (AvgIpc) is 3.34. The van der Waals surface area contributed by atoms with Crippen LogP contribution in [0.3, 0.4) is 0 Å². The van der Waals surface area contributed by atoms with Gasteiger partial charge in [0.05, 0.1) is 23.0 Å². The van der Waals surface area contributed by atoms with Crippen LogP contribution in [0.25, 0.3) is 0 Å². The van der Waals surface area contributed by atoms with E-state index < -0.39 is 28.2 Å². The fourth-order valence-electron chi connectivity index (χ4n) is 3.65. The predicted octanol–water partition coefficient (Wildman–Crippen LogP) is 3.95. The van der Waals surface area contributed by atoms with E-state index in [9.17, 15) is 21.9 Å². The molecule has 0 spiro atoms. The third-order valence-corrected chi connectivity index (χ3v) is 9.65. The molecule has 0 aliphatic carbocycles. The minimum atomic E-state index is -3.74. The molecule has 0 saturated heterocycles. The summed E-state index contributed by atoms with van der Waals surface area (Å²) in [5.41, 5.74) is 6.91.